The van der Waals surface area contributed by atoms with E-state index in [9.17, 15) is 14.4 Å². The molecule has 0 bridgehead atoms. The predicted octanol–water partition coefficient (Wildman–Crippen LogP) is 4.63. The second-order valence-corrected chi connectivity index (χ2v) is 7.74. The van der Waals surface area contributed by atoms with E-state index in [0.717, 1.165) is 31.1 Å². The molecule has 7 heteroatoms. The molecule has 1 aromatic heterocycles. The molecule has 0 saturated heterocycles. The van der Waals surface area contributed by atoms with E-state index in [1.165, 1.54) is 6.92 Å². The zero-order valence-corrected chi connectivity index (χ0v) is 18.1. The van der Waals surface area contributed by atoms with Gasteiger partial charge in [-0.3, -0.25) is 9.59 Å². The molecule has 0 amide bonds. The van der Waals surface area contributed by atoms with Crippen LogP contribution in [0.15, 0.2) is 23.1 Å². The van der Waals surface area contributed by atoms with Crippen molar-refractivity contribution in [2.24, 2.45) is 0 Å². The van der Waals surface area contributed by atoms with Crippen LogP contribution in [-0.4, -0.2) is 36.4 Å². The molecule has 0 radical (unpaired) electrons. The van der Waals surface area contributed by atoms with E-state index in [4.69, 9.17) is 16.3 Å². The third-order valence-electron chi connectivity index (χ3n) is 4.72. The zero-order valence-electron chi connectivity index (χ0n) is 17.3. The van der Waals surface area contributed by atoms with Crippen molar-refractivity contribution in [2.75, 3.05) is 25.1 Å². The molecular formula is C22H29ClN2O4. The van der Waals surface area contributed by atoms with E-state index in [0.29, 0.717) is 42.3 Å². The second kappa shape index (κ2) is 11.1. The number of nitrogens with zero attached hydrogens (tertiary/aromatic N) is 1. The van der Waals surface area contributed by atoms with Gasteiger partial charge < -0.3 is 19.4 Å². The molecule has 0 aliphatic carbocycles. The number of unbranched alkanes of at least 4 members (excludes halogenated alkanes) is 2. The molecule has 0 saturated carbocycles. The normalized spacial score (nSPS) is 11.2. The first-order valence-corrected chi connectivity index (χ1v) is 10.4. The predicted molar refractivity (Wildman–Crippen MR) is 117 cm³/mol. The van der Waals surface area contributed by atoms with Gasteiger partial charge in [0.15, 0.2) is 11.2 Å². The number of pyridine rings is 1. The fourth-order valence-electron chi connectivity index (χ4n) is 3.15. The van der Waals surface area contributed by atoms with Crippen LogP contribution in [0.5, 0.6) is 0 Å². The standard InChI is InChI=1S/C22H29ClN2O4/c1-15(2)25-14-18(16(3)27)22(28)17-12-20(19(23)13-21(17)25)24-8-5-4-6-10-29-11-7-9-26/h9,12-15,24H,4-8,10-11H2,1-3H3. The van der Waals surface area contributed by atoms with Crippen molar-refractivity contribution in [3.63, 3.8) is 0 Å². The fraction of sp³-hybridized carbons (Fsp3) is 0.500. The topological polar surface area (TPSA) is 77.4 Å². The molecule has 0 spiro atoms. The number of ketones is 1. The molecule has 0 aliphatic heterocycles. The molecule has 158 valence electrons. The minimum Gasteiger partial charge on any atom is -0.384 e. The van der Waals surface area contributed by atoms with Gasteiger partial charge in [-0.2, -0.15) is 0 Å². The summed E-state index contributed by atoms with van der Waals surface area (Å²) in [7, 11) is 0. The van der Waals surface area contributed by atoms with Crippen LogP contribution in [0.25, 0.3) is 10.9 Å². The molecule has 2 rings (SSSR count). The minimum absolute atomic E-state index is 0.0832. The summed E-state index contributed by atoms with van der Waals surface area (Å²) in [5, 5.41) is 4.32. The van der Waals surface area contributed by atoms with Gasteiger partial charge in [0, 0.05) is 37.2 Å². The van der Waals surface area contributed by atoms with E-state index in [1.807, 2.05) is 18.4 Å². The quantitative estimate of drug-likeness (QED) is 0.308. The SMILES string of the molecule is CC(=O)c1cn(C(C)C)c2cc(Cl)c(NCCCCCOCCC=O)cc2c1=O. The van der Waals surface area contributed by atoms with E-state index in [-0.39, 0.29) is 22.8 Å². The van der Waals surface area contributed by atoms with Gasteiger partial charge in [0.1, 0.15) is 6.29 Å². The first kappa shape index (κ1) is 23.1. The monoisotopic (exact) mass is 420 g/mol. The smallest absolute Gasteiger partial charge is 0.200 e. The highest BCUT2D eigenvalue weighted by atomic mass is 35.5. The second-order valence-electron chi connectivity index (χ2n) is 7.33. The number of carbonyl (C=O) groups excluding carboxylic acids is 2. The lowest BCUT2D eigenvalue weighted by atomic mass is 10.1. The number of anilines is 1. The molecule has 0 aliphatic rings. The number of Topliss-reactive ketones (excluding diaryl/α,β-unsaturated/α-hetero) is 1. The lowest BCUT2D eigenvalue weighted by Crippen LogP contribution is -2.19. The molecule has 0 unspecified atom stereocenters. The number of halogens is 1. The molecule has 1 aromatic carbocycles. The van der Waals surface area contributed by atoms with Gasteiger partial charge in [-0.1, -0.05) is 11.6 Å². The van der Waals surface area contributed by atoms with Crippen molar-refractivity contribution in [1.29, 1.82) is 0 Å². The third-order valence-corrected chi connectivity index (χ3v) is 5.03. The number of aldehydes is 1. The number of ether oxygens (including phenoxy) is 1. The lowest BCUT2D eigenvalue weighted by Gasteiger charge is -2.18. The van der Waals surface area contributed by atoms with Crippen LogP contribution in [0.3, 0.4) is 0 Å². The summed E-state index contributed by atoms with van der Waals surface area (Å²) >= 11 is 6.45. The Morgan fingerprint density at radius 1 is 1.24 bits per heavy atom. The van der Waals surface area contributed by atoms with Gasteiger partial charge in [0.2, 0.25) is 0 Å². The molecule has 29 heavy (non-hydrogen) atoms. The number of benzene rings is 1. The number of carbonyl (C=O) groups is 2. The highest BCUT2D eigenvalue weighted by Gasteiger charge is 2.16. The summed E-state index contributed by atoms with van der Waals surface area (Å²) in [6.07, 6.45) is 5.74. The summed E-state index contributed by atoms with van der Waals surface area (Å²) in [6, 6.07) is 3.61. The summed E-state index contributed by atoms with van der Waals surface area (Å²) in [4.78, 5) is 34.9. The third kappa shape index (κ3) is 6.15. The average Bonchev–Trinajstić information content (AvgIpc) is 2.67. The number of hydrogen-bond acceptors (Lipinski definition) is 5. The number of rotatable bonds is 12. The highest BCUT2D eigenvalue weighted by Crippen LogP contribution is 2.28. The Bertz CT molecular complexity index is 921. The molecule has 6 nitrogen and oxygen atoms in total. The Morgan fingerprint density at radius 2 is 2.00 bits per heavy atom. The zero-order chi connectivity index (χ0) is 21.4. The van der Waals surface area contributed by atoms with E-state index >= 15 is 0 Å². The van der Waals surface area contributed by atoms with Gasteiger partial charge in [0.05, 0.1) is 28.4 Å². The number of aromatic nitrogens is 1. The van der Waals surface area contributed by atoms with E-state index < -0.39 is 0 Å². The van der Waals surface area contributed by atoms with Crippen LogP contribution in [0, 0.1) is 0 Å². The fourth-order valence-corrected chi connectivity index (χ4v) is 3.37. The van der Waals surface area contributed by atoms with Crippen LogP contribution in [0.1, 0.15) is 62.9 Å². The summed E-state index contributed by atoms with van der Waals surface area (Å²) in [5.41, 5.74) is 1.33. The highest BCUT2D eigenvalue weighted by molar-refractivity contribution is 6.34. The largest absolute Gasteiger partial charge is 0.384 e. The summed E-state index contributed by atoms with van der Waals surface area (Å²) in [5.74, 6) is -0.244. The van der Waals surface area contributed by atoms with Gasteiger partial charge in [-0.15, -0.1) is 0 Å². The Kier molecular flexibility index (Phi) is 8.86. The van der Waals surface area contributed by atoms with Crippen LogP contribution < -0.4 is 10.7 Å². The Morgan fingerprint density at radius 3 is 2.66 bits per heavy atom. The first-order chi connectivity index (χ1) is 13.9. The first-order valence-electron chi connectivity index (χ1n) is 10.0. The van der Waals surface area contributed by atoms with Crippen molar-refractivity contribution in [3.05, 3.63) is 39.1 Å². The maximum absolute atomic E-state index is 12.8. The lowest BCUT2D eigenvalue weighted by molar-refractivity contribution is -0.108. The molecule has 2 aromatic rings. The maximum Gasteiger partial charge on any atom is 0.200 e. The molecular weight excluding hydrogens is 392 g/mol. The Hall–Kier alpha value is -2.18. The van der Waals surface area contributed by atoms with E-state index in [2.05, 4.69) is 5.32 Å². The Labute approximate surface area is 176 Å². The van der Waals surface area contributed by atoms with Gasteiger partial charge in [-0.05, 0) is 52.2 Å². The van der Waals surface area contributed by atoms with Crippen molar-refractivity contribution in [3.8, 4) is 0 Å². The molecule has 1 heterocycles. The van der Waals surface area contributed by atoms with Crippen LogP contribution in [0.2, 0.25) is 5.02 Å². The summed E-state index contributed by atoms with van der Waals surface area (Å²) < 4.78 is 7.25. The van der Waals surface area contributed by atoms with Crippen molar-refractivity contribution in [2.45, 2.75) is 52.5 Å². The molecule has 0 fully saturated rings. The van der Waals surface area contributed by atoms with Crippen LogP contribution in [0.4, 0.5) is 5.69 Å². The van der Waals surface area contributed by atoms with E-state index in [1.54, 1.807) is 18.3 Å². The van der Waals surface area contributed by atoms with Crippen LogP contribution in [-0.2, 0) is 9.53 Å². The number of fused-ring (bicyclic) bond motifs is 1. The van der Waals surface area contributed by atoms with Crippen molar-refractivity contribution in [1.82, 2.24) is 4.57 Å². The minimum atomic E-state index is -0.267. The number of nitrogens with one attached hydrogen (secondary N) is 1. The summed E-state index contributed by atoms with van der Waals surface area (Å²) in [6.45, 7) is 7.24. The Balaban J connectivity index is 2.10. The van der Waals surface area contributed by atoms with Crippen molar-refractivity contribution >= 4 is 40.3 Å². The van der Waals surface area contributed by atoms with Gasteiger partial charge in [0.25, 0.3) is 0 Å². The van der Waals surface area contributed by atoms with Gasteiger partial charge in [-0.25, -0.2) is 0 Å². The maximum atomic E-state index is 12.8. The number of hydrogen-bond donors (Lipinski definition) is 1. The van der Waals surface area contributed by atoms with Crippen LogP contribution >= 0.6 is 11.6 Å². The molecule has 1 N–H and O–H groups in total. The van der Waals surface area contributed by atoms with Crippen molar-refractivity contribution < 1.29 is 14.3 Å². The average molecular weight is 421 g/mol. The molecule has 0 atom stereocenters. The van der Waals surface area contributed by atoms with Gasteiger partial charge >= 0.3 is 0 Å².